The van der Waals surface area contributed by atoms with Crippen LogP contribution in [0.5, 0.6) is 5.75 Å². The van der Waals surface area contributed by atoms with Crippen molar-refractivity contribution in [3.63, 3.8) is 0 Å². The molecule has 0 unspecified atom stereocenters. The minimum atomic E-state index is -0.0382. The van der Waals surface area contributed by atoms with Crippen LogP contribution in [0.2, 0.25) is 0 Å². The molecule has 0 fully saturated rings. The Bertz CT molecular complexity index is 1070. The van der Waals surface area contributed by atoms with E-state index in [-0.39, 0.29) is 5.91 Å². The second-order valence-corrected chi connectivity index (χ2v) is 7.48. The van der Waals surface area contributed by atoms with Crippen LogP contribution in [-0.2, 0) is 24.2 Å². The molecular formula is C22H24N4O2S. The number of carbonyl (C=O) groups excluding carboxylic acids is 1. The summed E-state index contributed by atoms with van der Waals surface area (Å²) in [5.41, 5.74) is 4.52. The Balaban J connectivity index is 1.42. The van der Waals surface area contributed by atoms with Crippen LogP contribution >= 0.6 is 12.2 Å². The molecule has 1 aliphatic rings. The molecule has 0 saturated carbocycles. The first-order chi connectivity index (χ1) is 14.1. The number of aromatic amines is 1. The minimum absolute atomic E-state index is 0.0382. The normalized spacial score (nSPS) is 12.6. The Morgan fingerprint density at radius 2 is 2.00 bits per heavy atom. The molecule has 29 heavy (non-hydrogen) atoms. The van der Waals surface area contributed by atoms with Crippen molar-refractivity contribution in [1.82, 2.24) is 14.8 Å². The topological polar surface area (TPSA) is 71.9 Å². The Hall–Kier alpha value is -2.93. The first kappa shape index (κ1) is 19.4. The van der Waals surface area contributed by atoms with E-state index < -0.39 is 0 Å². The number of anilines is 1. The molecule has 1 heterocycles. The largest absolute Gasteiger partial charge is 0.494 e. The molecule has 3 aromatic rings. The predicted octanol–water partition coefficient (Wildman–Crippen LogP) is 4.52. The van der Waals surface area contributed by atoms with Crippen molar-refractivity contribution in [2.24, 2.45) is 0 Å². The molecule has 4 rings (SSSR count). The zero-order valence-corrected chi connectivity index (χ0v) is 17.2. The van der Waals surface area contributed by atoms with E-state index in [0.29, 0.717) is 30.2 Å². The third-order valence-corrected chi connectivity index (χ3v) is 5.44. The van der Waals surface area contributed by atoms with Crippen LogP contribution in [0.4, 0.5) is 5.69 Å². The number of ether oxygens (including phenoxy) is 1. The van der Waals surface area contributed by atoms with Crippen LogP contribution < -0.4 is 10.1 Å². The lowest BCUT2D eigenvalue weighted by Gasteiger charge is -2.10. The van der Waals surface area contributed by atoms with Crippen molar-refractivity contribution in [1.29, 1.82) is 0 Å². The van der Waals surface area contributed by atoms with Gasteiger partial charge in [0.05, 0.1) is 6.61 Å². The second-order valence-electron chi connectivity index (χ2n) is 7.10. The van der Waals surface area contributed by atoms with Gasteiger partial charge in [-0.25, -0.2) is 0 Å². The highest BCUT2D eigenvalue weighted by atomic mass is 32.1. The van der Waals surface area contributed by atoms with E-state index in [0.717, 1.165) is 29.8 Å². The van der Waals surface area contributed by atoms with Crippen LogP contribution in [0.25, 0.3) is 11.4 Å². The van der Waals surface area contributed by atoms with E-state index in [1.807, 2.05) is 41.8 Å². The van der Waals surface area contributed by atoms with Gasteiger partial charge in [0.1, 0.15) is 5.75 Å². The summed E-state index contributed by atoms with van der Waals surface area (Å²) >= 11 is 5.36. The number of amides is 1. The van der Waals surface area contributed by atoms with E-state index in [1.165, 1.54) is 17.5 Å². The standard InChI is InChI=1S/C22H24N4O2S/c1-2-28-19-10-7-16(8-11-19)21-24-25-22(29)26(21)13-12-20(27)23-18-9-6-15-4-3-5-17(15)14-18/h6-11,14H,2-5,12-13H2,1H3,(H,23,27)(H,25,29). The molecule has 0 saturated heterocycles. The highest BCUT2D eigenvalue weighted by Gasteiger charge is 2.13. The van der Waals surface area contributed by atoms with Gasteiger partial charge in [0.25, 0.3) is 0 Å². The maximum atomic E-state index is 12.5. The number of aromatic nitrogens is 3. The number of rotatable bonds is 7. The monoisotopic (exact) mass is 408 g/mol. The van der Waals surface area contributed by atoms with E-state index >= 15 is 0 Å². The van der Waals surface area contributed by atoms with Crippen molar-refractivity contribution in [2.75, 3.05) is 11.9 Å². The summed E-state index contributed by atoms with van der Waals surface area (Å²) in [6.07, 6.45) is 3.74. The van der Waals surface area contributed by atoms with Gasteiger partial charge < -0.3 is 10.1 Å². The average Bonchev–Trinajstić information content (AvgIpc) is 3.33. The van der Waals surface area contributed by atoms with Crippen LogP contribution in [0.3, 0.4) is 0 Å². The number of aryl methyl sites for hydroxylation is 2. The number of hydrogen-bond acceptors (Lipinski definition) is 4. The van der Waals surface area contributed by atoms with Gasteiger partial charge in [0, 0.05) is 24.2 Å². The number of nitrogens with zero attached hydrogens (tertiary/aromatic N) is 2. The van der Waals surface area contributed by atoms with Crippen molar-refractivity contribution >= 4 is 23.8 Å². The lowest BCUT2D eigenvalue weighted by Crippen LogP contribution is -2.15. The Labute approximate surface area is 174 Å². The summed E-state index contributed by atoms with van der Waals surface area (Å²) < 4.78 is 7.84. The lowest BCUT2D eigenvalue weighted by atomic mass is 10.1. The molecule has 7 heteroatoms. The first-order valence-corrected chi connectivity index (χ1v) is 10.3. The van der Waals surface area contributed by atoms with Crippen molar-refractivity contribution in [2.45, 2.75) is 39.2 Å². The summed E-state index contributed by atoms with van der Waals surface area (Å²) in [5, 5.41) is 10.2. The van der Waals surface area contributed by atoms with Gasteiger partial charge >= 0.3 is 0 Å². The van der Waals surface area contributed by atoms with E-state index in [1.54, 1.807) is 0 Å². The Morgan fingerprint density at radius 3 is 2.79 bits per heavy atom. The fourth-order valence-electron chi connectivity index (χ4n) is 3.70. The van der Waals surface area contributed by atoms with Crippen LogP contribution in [-0.4, -0.2) is 27.3 Å². The summed E-state index contributed by atoms with van der Waals surface area (Å²) in [5.74, 6) is 1.48. The van der Waals surface area contributed by atoms with E-state index in [4.69, 9.17) is 17.0 Å². The molecule has 1 aromatic heterocycles. The maximum absolute atomic E-state index is 12.5. The third-order valence-electron chi connectivity index (χ3n) is 5.13. The summed E-state index contributed by atoms with van der Waals surface area (Å²) in [7, 11) is 0. The van der Waals surface area contributed by atoms with Crippen LogP contribution in [0, 0.1) is 4.77 Å². The molecule has 0 atom stereocenters. The van der Waals surface area contributed by atoms with Crippen molar-refractivity contribution < 1.29 is 9.53 Å². The van der Waals surface area contributed by atoms with Crippen molar-refractivity contribution in [3.8, 4) is 17.1 Å². The van der Waals surface area contributed by atoms with Gasteiger partial charge in [0.15, 0.2) is 10.6 Å². The van der Waals surface area contributed by atoms with E-state index in [2.05, 4.69) is 27.6 Å². The molecular weight excluding hydrogens is 384 g/mol. The van der Waals surface area contributed by atoms with E-state index in [9.17, 15) is 4.79 Å². The zero-order chi connectivity index (χ0) is 20.2. The van der Waals surface area contributed by atoms with Gasteiger partial charge in [-0.3, -0.25) is 14.5 Å². The molecule has 0 bridgehead atoms. The number of nitrogens with one attached hydrogen (secondary N) is 2. The molecule has 1 amide bonds. The molecule has 150 valence electrons. The summed E-state index contributed by atoms with van der Waals surface area (Å²) in [6, 6.07) is 13.9. The molecule has 2 aromatic carbocycles. The SMILES string of the molecule is CCOc1ccc(-c2n[nH]c(=S)n2CCC(=O)Nc2ccc3c(c2)CCC3)cc1. The van der Waals surface area contributed by atoms with Gasteiger partial charge in [-0.15, -0.1) is 0 Å². The van der Waals surface area contributed by atoms with Gasteiger partial charge in [-0.2, -0.15) is 5.10 Å². The molecule has 2 N–H and O–H groups in total. The smallest absolute Gasteiger partial charge is 0.226 e. The van der Waals surface area contributed by atoms with Crippen LogP contribution in [0.1, 0.15) is 30.9 Å². The fourth-order valence-corrected chi connectivity index (χ4v) is 3.92. The quantitative estimate of drug-likeness (QED) is 0.564. The molecule has 0 spiro atoms. The lowest BCUT2D eigenvalue weighted by molar-refractivity contribution is -0.116. The minimum Gasteiger partial charge on any atom is -0.494 e. The molecule has 0 radical (unpaired) electrons. The summed E-state index contributed by atoms with van der Waals surface area (Å²) in [6.45, 7) is 3.03. The molecule has 1 aliphatic carbocycles. The van der Waals surface area contributed by atoms with Crippen LogP contribution in [0.15, 0.2) is 42.5 Å². The fraction of sp³-hybridized carbons (Fsp3) is 0.318. The first-order valence-electron chi connectivity index (χ1n) is 9.94. The Morgan fingerprint density at radius 1 is 1.21 bits per heavy atom. The predicted molar refractivity (Wildman–Crippen MR) is 116 cm³/mol. The average molecular weight is 409 g/mol. The number of fused-ring (bicyclic) bond motifs is 1. The second kappa shape index (κ2) is 8.61. The Kier molecular flexibility index (Phi) is 5.76. The number of benzene rings is 2. The maximum Gasteiger partial charge on any atom is 0.226 e. The van der Waals surface area contributed by atoms with Gasteiger partial charge in [-0.1, -0.05) is 6.07 Å². The number of carbonyl (C=O) groups is 1. The highest BCUT2D eigenvalue weighted by Crippen LogP contribution is 2.25. The van der Waals surface area contributed by atoms with Crippen molar-refractivity contribution in [3.05, 3.63) is 58.4 Å². The van der Waals surface area contributed by atoms with Gasteiger partial charge in [-0.05, 0) is 85.9 Å². The zero-order valence-electron chi connectivity index (χ0n) is 16.4. The van der Waals surface area contributed by atoms with Gasteiger partial charge in [0.2, 0.25) is 5.91 Å². The molecule has 0 aliphatic heterocycles. The summed E-state index contributed by atoms with van der Waals surface area (Å²) in [4.78, 5) is 12.5. The third kappa shape index (κ3) is 4.40. The highest BCUT2D eigenvalue weighted by molar-refractivity contribution is 7.71. The molecule has 6 nitrogen and oxygen atoms in total. The number of hydrogen-bond donors (Lipinski definition) is 2. The number of H-pyrrole nitrogens is 1.